The number of fused-ring (bicyclic) bond motifs is 3. The molecule has 3 aromatic heterocycles. The van der Waals surface area contributed by atoms with Gasteiger partial charge in [0.15, 0.2) is 0 Å². The Balaban J connectivity index is 0.000000103. The second-order valence-corrected chi connectivity index (χ2v) is 7.86. The molecular formula is C22H16N2O2S2. The number of ketones is 1. The molecule has 0 atom stereocenters. The zero-order chi connectivity index (χ0) is 19.3. The van der Waals surface area contributed by atoms with Gasteiger partial charge in [0.25, 0.3) is 11.7 Å². The summed E-state index contributed by atoms with van der Waals surface area (Å²) in [6.07, 6.45) is 1.61. The van der Waals surface area contributed by atoms with Gasteiger partial charge in [0, 0.05) is 15.6 Å². The number of benzene rings is 2. The van der Waals surface area contributed by atoms with Gasteiger partial charge in [-0.25, -0.2) is 0 Å². The number of hydrogen-bond donors (Lipinski definition) is 2. The third-order valence-corrected chi connectivity index (χ3v) is 5.95. The van der Waals surface area contributed by atoms with E-state index in [2.05, 4.69) is 81.7 Å². The van der Waals surface area contributed by atoms with Crippen molar-refractivity contribution in [3.8, 4) is 0 Å². The van der Waals surface area contributed by atoms with Crippen LogP contribution in [-0.2, 0) is 4.79 Å². The van der Waals surface area contributed by atoms with Crippen molar-refractivity contribution in [3.63, 3.8) is 0 Å². The highest BCUT2D eigenvalue weighted by atomic mass is 32.1. The minimum atomic E-state index is -0.554. The first-order valence-corrected chi connectivity index (χ1v) is 10.4. The maximum Gasteiger partial charge on any atom is 0.298 e. The van der Waals surface area contributed by atoms with Gasteiger partial charge in [-0.2, -0.15) is 0 Å². The molecule has 6 rings (SSSR count). The van der Waals surface area contributed by atoms with Crippen LogP contribution in [0.2, 0.25) is 0 Å². The summed E-state index contributed by atoms with van der Waals surface area (Å²) in [6.45, 7) is 0. The van der Waals surface area contributed by atoms with Crippen LogP contribution in [0.15, 0.2) is 83.7 Å². The van der Waals surface area contributed by atoms with Crippen molar-refractivity contribution >= 4 is 60.2 Å². The molecule has 2 N–H and O–H groups in total. The van der Waals surface area contributed by atoms with Gasteiger partial charge in [-0.15, -0.1) is 22.7 Å². The lowest BCUT2D eigenvalue weighted by atomic mass is 10.3. The molecule has 4 heterocycles. The lowest BCUT2D eigenvalue weighted by Gasteiger charge is -1.83. The summed E-state index contributed by atoms with van der Waals surface area (Å²) in [6, 6.07) is 22.7. The molecule has 0 bridgehead atoms. The first-order valence-electron chi connectivity index (χ1n) is 8.60. The minimum Gasteiger partial charge on any atom is -0.357 e. The number of Topliss-reactive ketones (excluding diaryl/α,β-unsaturated/α-hetero) is 1. The van der Waals surface area contributed by atoms with Crippen LogP contribution in [0.4, 0.5) is 5.69 Å². The van der Waals surface area contributed by atoms with E-state index in [9.17, 15) is 9.59 Å². The third kappa shape index (κ3) is 3.88. The molecule has 1 amide bonds. The zero-order valence-electron chi connectivity index (χ0n) is 14.7. The lowest BCUT2D eigenvalue weighted by molar-refractivity contribution is -0.112. The molecule has 1 aliphatic rings. The number of rotatable bonds is 0. The van der Waals surface area contributed by atoms with Crippen molar-refractivity contribution in [1.82, 2.24) is 4.98 Å². The van der Waals surface area contributed by atoms with Crippen LogP contribution in [0, 0.1) is 0 Å². The standard InChI is InChI=1S/2C8H6S.C6H4N2O2/c2*1-2-4-8-7(3-1)5-6-9-8;9-5-4-3(1-2-7-4)8-6(5)10/h2*1-6H;1-2,7H,(H,8,9,10). The van der Waals surface area contributed by atoms with Gasteiger partial charge in [0.05, 0.1) is 5.69 Å². The van der Waals surface area contributed by atoms with E-state index in [1.807, 2.05) is 0 Å². The Bertz CT molecular complexity index is 1120. The minimum absolute atomic E-state index is 0.366. The average molecular weight is 405 g/mol. The van der Waals surface area contributed by atoms with Gasteiger partial charge < -0.3 is 10.3 Å². The quantitative estimate of drug-likeness (QED) is 0.313. The first kappa shape index (κ1) is 18.2. The van der Waals surface area contributed by atoms with Crippen LogP contribution in [0.5, 0.6) is 0 Å². The van der Waals surface area contributed by atoms with E-state index in [4.69, 9.17) is 0 Å². The zero-order valence-corrected chi connectivity index (χ0v) is 16.3. The molecule has 6 heteroatoms. The first-order chi connectivity index (χ1) is 13.7. The van der Waals surface area contributed by atoms with Crippen molar-refractivity contribution in [3.05, 3.63) is 89.4 Å². The number of amides is 1. The fraction of sp³-hybridized carbons (Fsp3) is 0. The Morgan fingerprint density at radius 2 is 1.25 bits per heavy atom. The number of thiophene rings is 2. The Labute approximate surface area is 169 Å². The average Bonchev–Trinajstić information content (AvgIpc) is 3.49. The van der Waals surface area contributed by atoms with Crippen LogP contribution >= 0.6 is 22.7 Å². The van der Waals surface area contributed by atoms with Crippen molar-refractivity contribution in [1.29, 1.82) is 0 Å². The smallest absolute Gasteiger partial charge is 0.298 e. The van der Waals surface area contributed by atoms with E-state index in [1.54, 1.807) is 34.9 Å². The second kappa shape index (κ2) is 8.21. The van der Waals surface area contributed by atoms with Crippen LogP contribution in [0.25, 0.3) is 20.2 Å². The van der Waals surface area contributed by atoms with E-state index in [-0.39, 0.29) is 0 Å². The fourth-order valence-corrected chi connectivity index (χ4v) is 4.35. The van der Waals surface area contributed by atoms with Gasteiger partial charge in [0.1, 0.15) is 5.69 Å². The summed E-state index contributed by atoms with van der Waals surface area (Å²) in [5.41, 5.74) is 0.944. The highest BCUT2D eigenvalue weighted by Gasteiger charge is 2.28. The molecule has 4 nitrogen and oxygen atoms in total. The number of aromatic amines is 1. The van der Waals surface area contributed by atoms with Crippen LogP contribution < -0.4 is 5.32 Å². The van der Waals surface area contributed by atoms with Gasteiger partial charge in [0.2, 0.25) is 0 Å². The molecule has 0 aliphatic carbocycles. The SMILES string of the molecule is O=C1Nc2cc[nH]c2C1=O.c1ccc2sccc2c1.c1ccc2sccc2c1. The van der Waals surface area contributed by atoms with E-state index in [1.165, 1.54) is 20.2 Å². The number of carbonyl (C=O) groups is 2. The van der Waals surface area contributed by atoms with Crippen molar-refractivity contribution in [2.24, 2.45) is 0 Å². The van der Waals surface area contributed by atoms with Crippen LogP contribution in [-0.4, -0.2) is 16.7 Å². The predicted molar refractivity (Wildman–Crippen MR) is 117 cm³/mol. The van der Waals surface area contributed by atoms with E-state index < -0.39 is 11.7 Å². The van der Waals surface area contributed by atoms with Crippen LogP contribution in [0.3, 0.4) is 0 Å². The topological polar surface area (TPSA) is 62.0 Å². The molecule has 5 aromatic rings. The molecule has 0 radical (unpaired) electrons. The number of nitrogens with one attached hydrogen (secondary N) is 2. The van der Waals surface area contributed by atoms with E-state index in [0.29, 0.717) is 11.4 Å². The highest BCUT2D eigenvalue weighted by Crippen LogP contribution is 2.20. The van der Waals surface area contributed by atoms with Crippen LogP contribution in [0.1, 0.15) is 10.5 Å². The monoisotopic (exact) mass is 404 g/mol. The molecule has 138 valence electrons. The van der Waals surface area contributed by atoms with Gasteiger partial charge >= 0.3 is 0 Å². The summed E-state index contributed by atoms with van der Waals surface area (Å²) >= 11 is 3.57. The maximum atomic E-state index is 10.8. The fourth-order valence-electron chi connectivity index (χ4n) is 2.77. The summed E-state index contributed by atoms with van der Waals surface area (Å²) in [5, 5.41) is 9.34. The Kier molecular flexibility index (Phi) is 5.32. The number of H-pyrrole nitrogens is 1. The van der Waals surface area contributed by atoms with Gasteiger partial charge in [-0.05, 0) is 51.9 Å². The second-order valence-electron chi connectivity index (χ2n) is 5.97. The summed E-state index contributed by atoms with van der Waals surface area (Å²) in [4.78, 5) is 24.1. The van der Waals surface area contributed by atoms with E-state index >= 15 is 0 Å². The lowest BCUT2D eigenvalue weighted by Crippen LogP contribution is -2.13. The van der Waals surface area contributed by atoms with Crippen molar-refractivity contribution < 1.29 is 9.59 Å². The predicted octanol–water partition coefficient (Wildman–Crippen LogP) is 5.95. The Hall–Kier alpha value is -3.22. The molecule has 0 saturated heterocycles. The molecule has 2 aromatic carbocycles. The normalized spacial score (nSPS) is 12.0. The summed E-state index contributed by atoms with van der Waals surface area (Å²) in [7, 11) is 0. The Morgan fingerprint density at radius 1 is 0.679 bits per heavy atom. The molecule has 0 spiro atoms. The summed E-state index contributed by atoms with van der Waals surface area (Å²) < 4.78 is 2.75. The number of carbonyl (C=O) groups excluding carboxylic acids is 2. The third-order valence-electron chi connectivity index (χ3n) is 4.15. The number of aromatic nitrogens is 1. The van der Waals surface area contributed by atoms with Gasteiger partial charge in [-0.1, -0.05) is 36.4 Å². The molecule has 1 aliphatic heterocycles. The van der Waals surface area contributed by atoms with E-state index in [0.717, 1.165) is 0 Å². The molecule has 0 unspecified atom stereocenters. The highest BCUT2D eigenvalue weighted by molar-refractivity contribution is 7.17. The number of anilines is 1. The molecule has 28 heavy (non-hydrogen) atoms. The molecular weight excluding hydrogens is 388 g/mol. The van der Waals surface area contributed by atoms with Crippen molar-refractivity contribution in [2.45, 2.75) is 0 Å². The summed E-state index contributed by atoms with van der Waals surface area (Å²) in [5.74, 6) is -1.04. The van der Waals surface area contributed by atoms with Crippen molar-refractivity contribution in [2.75, 3.05) is 5.32 Å². The molecule has 0 saturated carbocycles. The largest absolute Gasteiger partial charge is 0.357 e. The maximum absolute atomic E-state index is 10.8. The Morgan fingerprint density at radius 3 is 1.79 bits per heavy atom. The molecule has 0 fully saturated rings. The van der Waals surface area contributed by atoms with Gasteiger partial charge in [-0.3, -0.25) is 9.59 Å². The number of hydrogen-bond acceptors (Lipinski definition) is 4.